The summed E-state index contributed by atoms with van der Waals surface area (Å²) in [5.41, 5.74) is 7.89. The van der Waals surface area contributed by atoms with Crippen LogP contribution in [0.2, 0.25) is 0 Å². The zero-order chi connectivity index (χ0) is 13.4. The zero-order valence-corrected chi connectivity index (χ0v) is 12.2. The second-order valence-corrected chi connectivity index (χ2v) is 6.14. The van der Waals surface area contributed by atoms with Crippen LogP contribution in [-0.2, 0) is 0 Å². The molecule has 102 valence electrons. The minimum absolute atomic E-state index is 0.472. The lowest BCUT2D eigenvalue weighted by Crippen LogP contribution is -2.55. The zero-order valence-electron chi connectivity index (χ0n) is 11.4. The van der Waals surface area contributed by atoms with Crippen LogP contribution in [-0.4, -0.2) is 41.6 Å². The SMILES string of the molecule is CC1CN2CCCC2CN1c1ccc(C(N)=S)cc1. The number of thiocarbonyl (C=S) groups is 1. The van der Waals surface area contributed by atoms with Crippen molar-refractivity contribution in [3.8, 4) is 0 Å². The first kappa shape index (κ1) is 12.9. The molecule has 0 saturated carbocycles. The molecule has 1 aromatic rings. The summed E-state index contributed by atoms with van der Waals surface area (Å²) in [5.74, 6) is 0. The minimum atomic E-state index is 0.472. The average molecular weight is 275 g/mol. The van der Waals surface area contributed by atoms with Crippen molar-refractivity contribution < 1.29 is 0 Å². The van der Waals surface area contributed by atoms with Gasteiger partial charge in [-0.1, -0.05) is 12.2 Å². The van der Waals surface area contributed by atoms with Crippen LogP contribution < -0.4 is 10.6 Å². The van der Waals surface area contributed by atoms with Gasteiger partial charge < -0.3 is 10.6 Å². The number of piperazine rings is 1. The fraction of sp³-hybridized carbons (Fsp3) is 0.533. The van der Waals surface area contributed by atoms with E-state index in [9.17, 15) is 0 Å². The van der Waals surface area contributed by atoms with Crippen molar-refractivity contribution in [1.29, 1.82) is 0 Å². The van der Waals surface area contributed by atoms with Gasteiger partial charge in [-0.05, 0) is 50.6 Å². The highest BCUT2D eigenvalue weighted by Gasteiger charge is 2.34. The summed E-state index contributed by atoms with van der Waals surface area (Å²) in [4.78, 5) is 5.64. The quantitative estimate of drug-likeness (QED) is 0.837. The van der Waals surface area contributed by atoms with Gasteiger partial charge in [0.15, 0.2) is 0 Å². The molecule has 0 aliphatic carbocycles. The number of hydrogen-bond donors (Lipinski definition) is 1. The van der Waals surface area contributed by atoms with Crippen molar-refractivity contribution in [2.24, 2.45) is 5.73 Å². The first-order valence-electron chi connectivity index (χ1n) is 7.05. The van der Waals surface area contributed by atoms with E-state index in [-0.39, 0.29) is 0 Å². The largest absolute Gasteiger partial charge is 0.389 e. The van der Waals surface area contributed by atoms with Gasteiger partial charge in [0, 0.05) is 36.4 Å². The van der Waals surface area contributed by atoms with Gasteiger partial charge in [-0.15, -0.1) is 0 Å². The van der Waals surface area contributed by atoms with E-state index in [4.69, 9.17) is 18.0 Å². The molecular weight excluding hydrogens is 254 g/mol. The number of hydrogen-bond acceptors (Lipinski definition) is 3. The van der Waals surface area contributed by atoms with E-state index in [0.717, 1.165) is 18.2 Å². The van der Waals surface area contributed by atoms with E-state index in [0.29, 0.717) is 11.0 Å². The lowest BCUT2D eigenvalue weighted by molar-refractivity contribution is 0.203. The highest BCUT2D eigenvalue weighted by Crippen LogP contribution is 2.28. The highest BCUT2D eigenvalue weighted by molar-refractivity contribution is 7.80. The summed E-state index contributed by atoms with van der Waals surface area (Å²) in [6.07, 6.45) is 2.69. The summed E-state index contributed by atoms with van der Waals surface area (Å²) in [6, 6.07) is 9.68. The van der Waals surface area contributed by atoms with Crippen LogP contribution in [0.25, 0.3) is 0 Å². The number of anilines is 1. The second-order valence-electron chi connectivity index (χ2n) is 5.70. The molecule has 2 fully saturated rings. The number of fused-ring (bicyclic) bond motifs is 1. The Morgan fingerprint density at radius 1 is 1.26 bits per heavy atom. The fourth-order valence-corrected chi connectivity index (χ4v) is 3.50. The third-order valence-corrected chi connectivity index (χ3v) is 4.66. The molecule has 1 aromatic carbocycles. The Labute approximate surface area is 120 Å². The molecule has 0 aromatic heterocycles. The molecule has 0 radical (unpaired) electrons. The molecule has 2 aliphatic heterocycles. The second kappa shape index (κ2) is 5.10. The molecular formula is C15H21N3S. The number of rotatable bonds is 2. The Morgan fingerprint density at radius 2 is 2.00 bits per heavy atom. The molecule has 2 aliphatic rings. The topological polar surface area (TPSA) is 32.5 Å². The van der Waals surface area contributed by atoms with Crippen molar-refractivity contribution >= 4 is 22.9 Å². The van der Waals surface area contributed by atoms with Gasteiger partial charge in [0.05, 0.1) is 0 Å². The lowest BCUT2D eigenvalue weighted by atomic mass is 10.1. The van der Waals surface area contributed by atoms with Crippen molar-refractivity contribution in [3.63, 3.8) is 0 Å². The van der Waals surface area contributed by atoms with Crippen LogP contribution in [0.4, 0.5) is 5.69 Å². The van der Waals surface area contributed by atoms with Crippen LogP contribution in [0, 0.1) is 0 Å². The number of benzene rings is 1. The van der Waals surface area contributed by atoms with Gasteiger partial charge in [-0.3, -0.25) is 4.90 Å². The molecule has 0 amide bonds. The van der Waals surface area contributed by atoms with Crippen molar-refractivity contribution in [3.05, 3.63) is 29.8 Å². The molecule has 19 heavy (non-hydrogen) atoms. The Kier molecular flexibility index (Phi) is 3.46. The molecule has 0 spiro atoms. The number of nitrogens with two attached hydrogens (primary N) is 1. The fourth-order valence-electron chi connectivity index (χ4n) is 3.36. The van der Waals surface area contributed by atoms with Crippen LogP contribution in [0.3, 0.4) is 0 Å². The van der Waals surface area contributed by atoms with E-state index >= 15 is 0 Å². The molecule has 2 atom stereocenters. The molecule has 2 unspecified atom stereocenters. The summed E-state index contributed by atoms with van der Waals surface area (Å²) in [7, 11) is 0. The van der Waals surface area contributed by atoms with Crippen LogP contribution in [0.15, 0.2) is 24.3 Å². The van der Waals surface area contributed by atoms with Crippen LogP contribution >= 0.6 is 12.2 Å². The van der Waals surface area contributed by atoms with Gasteiger partial charge in [-0.25, -0.2) is 0 Å². The highest BCUT2D eigenvalue weighted by atomic mass is 32.1. The molecule has 2 saturated heterocycles. The molecule has 2 N–H and O–H groups in total. The third-order valence-electron chi connectivity index (χ3n) is 4.42. The standard InChI is InChI=1S/C15H21N3S/c1-11-9-17-8-2-3-14(17)10-18(11)13-6-4-12(5-7-13)15(16)19/h4-7,11,14H,2-3,8-10H2,1H3,(H2,16,19). The van der Waals surface area contributed by atoms with Gasteiger partial charge in [-0.2, -0.15) is 0 Å². The molecule has 0 bridgehead atoms. The number of nitrogens with zero attached hydrogens (tertiary/aromatic N) is 2. The predicted octanol–water partition coefficient (Wildman–Crippen LogP) is 1.99. The van der Waals surface area contributed by atoms with Crippen molar-refractivity contribution in [2.45, 2.75) is 31.8 Å². The first-order chi connectivity index (χ1) is 9.15. The third kappa shape index (κ3) is 2.47. The van der Waals surface area contributed by atoms with E-state index in [1.807, 2.05) is 12.1 Å². The maximum Gasteiger partial charge on any atom is 0.103 e. The van der Waals surface area contributed by atoms with E-state index in [2.05, 4.69) is 28.9 Å². The summed E-state index contributed by atoms with van der Waals surface area (Å²) < 4.78 is 0. The average Bonchev–Trinajstić information content (AvgIpc) is 2.85. The molecule has 3 rings (SSSR count). The molecule has 4 heteroatoms. The Hall–Kier alpha value is -1.13. The minimum Gasteiger partial charge on any atom is -0.389 e. The van der Waals surface area contributed by atoms with Crippen molar-refractivity contribution in [1.82, 2.24) is 4.90 Å². The van der Waals surface area contributed by atoms with E-state index < -0.39 is 0 Å². The maximum absolute atomic E-state index is 5.65. The Bertz CT molecular complexity index is 471. The maximum atomic E-state index is 5.65. The monoisotopic (exact) mass is 275 g/mol. The smallest absolute Gasteiger partial charge is 0.103 e. The molecule has 3 nitrogen and oxygen atoms in total. The Balaban J connectivity index is 1.79. The normalized spacial score (nSPS) is 27.3. The predicted molar refractivity (Wildman–Crippen MR) is 83.7 cm³/mol. The van der Waals surface area contributed by atoms with Gasteiger partial charge in [0.25, 0.3) is 0 Å². The van der Waals surface area contributed by atoms with Gasteiger partial charge >= 0.3 is 0 Å². The Morgan fingerprint density at radius 3 is 2.68 bits per heavy atom. The van der Waals surface area contributed by atoms with Gasteiger partial charge in [0.2, 0.25) is 0 Å². The van der Waals surface area contributed by atoms with Crippen molar-refractivity contribution in [2.75, 3.05) is 24.5 Å². The van der Waals surface area contributed by atoms with E-state index in [1.165, 1.54) is 31.6 Å². The van der Waals surface area contributed by atoms with Crippen LogP contribution in [0.5, 0.6) is 0 Å². The summed E-state index contributed by atoms with van der Waals surface area (Å²) >= 11 is 5.00. The van der Waals surface area contributed by atoms with E-state index in [1.54, 1.807) is 0 Å². The lowest BCUT2D eigenvalue weighted by Gasteiger charge is -2.43. The van der Waals surface area contributed by atoms with Gasteiger partial charge in [0.1, 0.15) is 4.99 Å². The molecule has 2 heterocycles. The van der Waals surface area contributed by atoms with Crippen LogP contribution in [0.1, 0.15) is 25.3 Å². The summed E-state index contributed by atoms with van der Waals surface area (Å²) in [5, 5.41) is 0. The summed E-state index contributed by atoms with van der Waals surface area (Å²) in [6.45, 7) is 5.93. The first-order valence-corrected chi connectivity index (χ1v) is 7.46.